The van der Waals surface area contributed by atoms with E-state index in [1.54, 1.807) is 29.7 Å². The average molecular weight is 423 g/mol. The summed E-state index contributed by atoms with van der Waals surface area (Å²) in [6, 6.07) is 2.00. The summed E-state index contributed by atoms with van der Waals surface area (Å²) in [5.74, 6) is 0.606. The van der Waals surface area contributed by atoms with Gasteiger partial charge in [0.1, 0.15) is 11.2 Å². The van der Waals surface area contributed by atoms with Crippen LogP contribution in [0.3, 0.4) is 0 Å². The molecule has 5 heterocycles. The van der Waals surface area contributed by atoms with E-state index in [0.717, 1.165) is 42.8 Å². The van der Waals surface area contributed by atoms with Crippen molar-refractivity contribution in [2.24, 2.45) is 5.41 Å². The molecule has 2 amide bonds. The summed E-state index contributed by atoms with van der Waals surface area (Å²) >= 11 is 1.59. The Hall–Kier alpha value is -2.84. The Morgan fingerprint density at radius 1 is 1.27 bits per heavy atom. The van der Waals surface area contributed by atoms with Gasteiger partial charge >= 0.3 is 0 Å². The van der Waals surface area contributed by atoms with Crippen molar-refractivity contribution in [2.75, 3.05) is 31.6 Å². The Morgan fingerprint density at radius 2 is 2.10 bits per heavy atom. The first-order valence-electron chi connectivity index (χ1n) is 10.0. The van der Waals surface area contributed by atoms with E-state index in [1.807, 2.05) is 21.9 Å². The molecule has 2 aromatic heterocycles. The molecule has 8 heteroatoms. The topological polar surface area (TPSA) is 84.4 Å². The summed E-state index contributed by atoms with van der Waals surface area (Å²) in [5.41, 5.74) is 5.56. The molecular formula is C22H22N4O3S. The summed E-state index contributed by atoms with van der Waals surface area (Å²) in [5, 5.41) is 4.91. The van der Waals surface area contributed by atoms with Crippen LogP contribution in [-0.4, -0.2) is 53.0 Å². The summed E-state index contributed by atoms with van der Waals surface area (Å²) in [6.45, 7) is 2.33. The van der Waals surface area contributed by atoms with E-state index < -0.39 is 5.41 Å². The number of pyridine rings is 1. The van der Waals surface area contributed by atoms with Crippen molar-refractivity contribution in [1.82, 2.24) is 14.9 Å². The van der Waals surface area contributed by atoms with E-state index in [-0.39, 0.29) is 11.8 Å². The number of likely N-dealkylation sites (tertiary alicyclic amines) is 1. The molecule has 0 saturated carbocycles. The fourth-order valence-corrected chi connectivity index (χ4v) is 4.58. The number of piperidine rings is 1. The smallest absolute Gasteiger partial charge is 0.246 e. The number of nitrogens with one attached hydrogen (secondary N) is 1. The van der Waals surface area contributed by atoms with Crippen molar-refractivity contribution in [3.8, 4) is 0 Å². The number of rotatable bonds is 3. The van der Waals surface area contributed by atoms with Gasteiger partial charge in [-0.1, -0.05) is 5.57 Å². The van der Waals surface area contributed by atoms with Gasteiger partial charge in [0.2, 0.25) is 11.8 Å². The Labute approximate surface area is 178 Å². The first-order valence-corrected chi connectivity index (χ1v) is 11.0. The maximum atomic E-state index is 12.6. The van der Waals surface area contributed by atoms with E-state index in [9.17, 15) is 9.59 Å². The molecule has 154 valence electrons. The molecule has 0 aromatic carbocycles. The van der Waals surface area contributed by atoms with Gasteiger partial charge in [-0.05, 0) is 48.6 Å². The van der Waals surface area contributed by atoms with Crippen LogP contribution in [0.4, 0.5) is 5.82 Å². The lowest BCUT2D eigenvalue weighted by Crippen LogP contribution is -2.55. The SMILES string of the molecule is O=C(C=Cc1cnc2c(c1)CC1(COC1)C(=O)N2)N1CCC(=Cc2cscn2)CC1. The highest BCUT2D eigenvalue weighted by Crippen LogP contribution is 2.38. The molecule has 2 fully saturated rings. The maximum Gasteiger partial charge on any atom is 0.246 e. The van der Waals surface area contributed by atoms with Crippen LogP contribution in [0.25, 0.3) is 12.2 Å². The van der Waals surface area contributed by atoms with Gasteiger partial charge in [0.05, 0.1) is 24.4 Å². The van der Waals surface area contributed by atoms with Gasteiger partial charge in [0, 0.05) is 30.7 Å². The quantitative estimate of drug-likeness (QED) is 0.769. The van der Waals surface area contributed by atoms with Gasteiger partial charge in [-0.15, -0.1) is 11.3 Å². The van der Waals surface area contributed by atoms with Crippen molar-refractivity contribution >= 4 is 41.1 Å². The Kier molecular flexibility index (Phi) is 4.96. The molecular weight excluding hydrogens is 400 g/mol. The van der Waals surface area contributed by atoms with E-state index in [0.29, 0.717) is 25.5 Å². The number of thiazole rings is 1. The van der Waals surface area contributed by atoms with Crippen LogP contribution in [0.15, 0.2) is 34.8 Å². The number of aromatic nitrogens is 2. The van der Waals surface area contributed by atoms with Gasteiger partial charge < -0.3 is 15.0 Å². The number of anilines is 1. The third-order valence-corrected chi connectivity index (χ3v) is 6.53. The van der Waals surface area contributed by atoms with E-state index in [2.05, 4.69) is 21.4 Å². The molecule has 1 spiro atoms. The molecule has 0 unspecified atom stereocenters. The summed E-state index contributed by atoms with van der Waals surface area (Å²) in [6.07, 6.45) is 9.60. The molecule has 1 N–H and O–H groups in total. The van der Waals surface area contributed by atoms with Gasteiger partial charge in [-0.2, -0.15) is 0 Å². The predicted octanol–water partition coefficient (Wildman–Crippen LogP) is 2.77. The number of carbonyl (C=O) groups excluding carboxylic acids is 2. The van der Waals surface area contributed by atoms with Crippen LogP contribution in [-0.2, 0) is 20.7 Å². The number of amides is 2. The number of nitrogens with zero attached hydrogens (tertiary/aromatic N) is 3. The maximum absolute atomic E-state index is 12.6. The zero-order chi connectivity index (χ0) is 20.6. The second-order valence-electron chi connectivity index (χ2n) is 8.05. The highest BCUT2D eigenvalue weighted by atomic mass is 32.1. The lowest BCUT2D eigenvalue weighted by molar-refractivity contribution is -0.156. The van der Waals surface area contributed by atoms with Gasteiger partial charge in [0.25, 0.3) is 0 Å². The van der Waals surface area contributed by atoms with Crippen LogP contribution in [0, 0.1) is 5.41 Å². The largest absolute Gasteiger partial charge is 0.379 e. The summed E-state index contributed by atoms with van der Waals surface area (Å²) in [7, 11) is 0. The Balaban J connectivity index is 1.21. The van der Waals surface area contributed by atoms with Crippen LogP contribution in [0.5, 0.6) is 0 Å². The van der Waals surface area contributed by atoms with Crippen LogP contribution in [0.1, 0.15) is 29.7 Å². The molecule has 5 rings (SSSR count). The Bertz CT molecular complexity index is 1030. The highest BCUT2D eigenvalue weighted by Gasteiger charge is 2.49. The fourth-order valence-electron chi connectivity index (χ4n) is 4.07. The predicted molar refractivity (Wildman–Crippen MR) is 115 cm³/mol. The molecule has 7 nitrogen and oxygen atoms in total. The van der Waals surface area contributed by atoms with E-state index >= 15 is 0 Å². The zero-order valence-electron chi connectivity index (χ0n) is 16.5. The third kappa shape index (κ3) is 3.68. The van der Waals surface area contributed by atoms with Crippen molar-refractivity contribution in [2.45, 2.75) is 19.3 Å². The molecule has 3 aliphatic rings. The van der Waals surface area contributed by atoms with E-state index in [4.69, 9.17) is 4.74 Å². The molecule has 0 aliphatic carbocycles. The number of fused-ring (bicyclic) bond motifs is 1. The average Bonchev–Trinajstić information content (AvgIpc) is 3.24. The molecule has 2 aromatic rings. The summed E-state index contributed by atoms with van der Waals surface area (Å²) < 4.78 is 5.26. The Morgan fingerprint density at radius 3 is 2.80 bits per heavy atom. The minimum absolute atomic E-state index is 0.0117. The fraction of sp³-hybridized carbons (Fsp3) is 0.364. The van der Waals surface area contributed by atoms with Gasteiger partial charge in [-0.3, -0.25) is 9.59 Å². The van der Waals surface area contributed by atoms with Crippen molar-refractivity contribution in [3.63, 3.8) is 0 Å². The molecule has 0 radical (unpaired) electrons. The first-order chi connectivity index (χ1) is 14.6. The van der Waals surface area contributed by atoms with Crippen molar-refractivity contribution in [3.05, 3.63) is 51.6 Å². The minimum Gasteiger partial charge on any atom is -0.379 e. The number of ether oxygens (including phenoxy) is 1. The van der Waals surface area contributed by atoms with E-state index in [1.165, 1.54) is 5.57 Å². The van der Waals surface area contributed by atoms with Crippen LogP contribution >= 0.6 is 11.3 Å². The molecule has 30 heavy (non-hydrogen) atoms. The highest BCUT2D eigenvalue weighted by molar-refractivity contribution is 7.07. The van der Waals surface area contributed by atoms with Crippen molar-refractivity contribution in [1.29, 1.82) is 0 Å². The second-order valence-corrected chi connectivity index (χ2v) is 8.77. The third-order valence-electron chi connectivity index (χ3n) is 5.93. The van der Waals surface area contributed by atoms with Crippen LogP contribution in [0.2, 0.25) is 0 Å². The lowest BCUT2D eigenvalue weighted by Gasteiger charge is -2.42. The molecule has 2 saturated heterocycles. The number of hydrogen-bond donors (Lipinski definition) is 1. The molecule has 0 atom stereocenters. The summed E-state index contributed by atoms with van der Waals surface area (Å²) in [4.78, 5) is 35.4. The standard InChI is InChI=1S/C22H22N4O3S/c27-19(26-5-3-15(4-6-26)8-18-11-30-14-24-18)2-1-16-7-17-9-22(12-29-13-22)21(28)25-20(17)23-10-16/h1-2,7-8,10-11,14H,3-6,9,12-13H2,(H,23,25,28). The normalized spacial score (nSPS) is 20.1. The van der Waals surface area contributed by atoms with Gasteiger partial charge in [0.15, 0.2) is 0 Å². The molecule has 0 bridgehead atoms. The number of hydrogen-bond acceptors (Lipinski definition) is 6. The monoisotopic (exact) mass is 422 g/mol. The number of carbonyl (C=O) groups is 2. The minimum atomic E-state index is -0.454. The zero-order valence-corrected chi connectivity index (χ0v) is 17.3. The first kappa shape index (κ1) is 19.1. The van der Waals surface area contributed by atoms with Crippen molar-refractivity contribution < 1.29 is 14.3 Å². The molecule has 3 aliphatic heterocycles. The van der Waals surface area contributed by atoms with Crippen LogP contribution < -0.4 is 5.32 Å². The lowest BCUT2D eigenvalue weighted by atomic mass is 9.76. The van der Waals surface area contributed by atoms with Gasteiger partial charge in [-0.25, -0.2) is 9.97 Å². The second kappa shape index (κ2) is 7.77.